The summed E-state index contributed by atoms with van der Waals surface area (Å²) in [6.07, 6.45) is 0. The van der Waals surface area contributed by atoms with Gasteiger partial charge in [-0.05, 0) is 36.4 Å². The molecule has 2 amide bonds. The summed E-state index contributed by atoms with van der Waals surface area (Å²) in [7, 11) is 0. The monoisotopic (exact) mass is 279 g/mol. The number of nitriles is 1. The van der Waals surface area contributed by atoms with Crippen molar-refractivity contribution in [2.75, 3.05) is 10.6 Å². The third-order valence-electron chi connectivity index (χ3n) is 2.76. The van der Waals surface area contributed by atoms with Gasteiger partial charge in [-0.1, -0.05) is 12.1 Å². The highest BCUT2D eigenvalue weighted by Gasteiger charge is 2.08. The van der Waals surface area contributed by atoms with Crippen LogP contribution in [-0.4, -0.2) is 11.8 Å². The van der Waals surface area contributed by atoms with Crippen LogP contribution < -0.4 is 10.6 Å². The minimum atomic E-state index is -0.313. The minimum absolute atomic E-state index is 0.171. The summed E-state index contributed by atoms with van der Waals surface area (Å²) in [4.78, 5) is 23.0. The van der Waals surface area contributed by atoms with E-state index in [2.05, 4.69) is 10.6 Å². The van der Waals surface area contributed by atoms with Gasteiger partial charge in [0.2, 0.25) is 5.91 Å². The van der Waals surface area contributed by atoms with Crippen molar-refractivity contribution in [3.8, 4) is 6.07 Å². The van der Waals surface area contributed by atoms with Crippen molar-refractivity contribution in [2.24, 2.45) is 0 Å². The van der Waals surface area contributed by atoms with Crippen LogP contribution >= 0.6 is 0 Å². The Kier molecular flexibility index (Phi) is 4.32. The maximum absolute atomic E-state index is 12.1. The molecular weight excluding hydrogens is 266 g/mol. The molecule has 0 spiro atoms. The second-order valence-electron chi connectivity index (χ2n) is 4.37. The molecule has 2 aromatic rings. The van der Waals surface area contributed by atoms with Crippen LogP contribution in [0.15, 0.2) is 48.5 Å². The molecule has 0 saturated carbocycles. The summed E-state index contributed by atoms with van der Waals surface area (Å²) >= 11 is 0. The lowest BCUT2D eigenvalue weighted by atomic mass is 10.1. The summed E-state index contributed by atoms with van der Waals surface area (Å²) in [5.74, 6) is -0.484. The highest BCUT2D eigenvalue weighted by Crippen LogP contribution is 2.16. The number of hydrogen-bond acceptors (Lipinski definition) is 3. The topological polar surface area (TPSA) is 82.0 Å². The predicted octanol–water partition coefficient (Wildman–Crippen LogP) is 2.77. The van der Waals surface area contributed by atoms with E-state index in [4.69, 9.17) is 5.26 Å². The van der Waals surface area contributed by atoms with Gasteiger partial charge in [-0.15, -0.1) is 0 Å². The average molecular weight is 279 g/mol. The number of nitrogens with zero attached hydrogens (tertiary/aromatic N) is 1. The minimum Gasteiger partial charge on any atom is -0.326 e. The van der Waals surface area contributed by atoms with E-state index in [1.165, 1.54) is 6.92 Å². The number of anilines is 2. The van der Waals surface area contributed by atoms with E-state index in [9.17, 15) is 9.59 Å². The number of carbonyl (C=O) groups is 2. The van der Waals surface area contributed by atoms with Crippen molar-refractivity contribution in [3.63, 3.8) is 0 Å². The molecule has 0 aromatic heterocycles. The quantitative estimate of drug-likeness (QED) is 0.906. The SMILES string of the molecule is CC(=O)Nc1ccc(C(=O)Nc2ccccc2C#N)cc1. The fraction of sp³-hybridized carbons (Fsp3) is 0.0625. The standard InChI is InChI=1S/C16H13N3O2/c1-11(20)18-14-8-6-12(7-9-14)16(21)19-15-5-3-2-4-13(15)10-17/h2-9H,1H3,(H,18,20)(H,19,21). The molecule has 104 valence electrons. The number of carbonyl (C=O) groups excluding carboxylic acids is 2. The van der Waals surface area contributed by atoms with Crippen LogP contribution in [-0.2, 0) is 4.79 Å². The second kappa shape index (κ2) is 6.35. The Hall–Kier alpha value is -3.13. The van der Waals surface area contributed by atoms with Crippen LogP contribution in [0, 0.1) is 11.3 Å². The van der Waals surface area contributed by atoms with Gasteiger partial charge < -0.3 is 10.6 Å². The lowest BCUT2D eigenvalue weighted by Crippen LogP contribution is -2.13. The molecule has 0 aliphatic carbocycles. The van der Waals surface area contributed by atoms with Crippen molar-refractivity contribution in [1.82, 2.24) is 0 Å². The highest BCUT2D eigenvalue weighted by molar-refractivity contribution is 6.05. The van der Waals surface area contributed by atoms with Gasteiger partial charge in [0, 0.05) is 18.2 Å². The molecule has 0 saturated heterocycles. The Balaban J connectivity index is 2.14. The predicted molar refractivity (Wildman–Crippen MR) is 79.9 cm³/mol. The maximum atomic E-state index is 12.1. The number of benzene rings is 2. The summed E-state index contributed by atoms with van der Waals surface area (Å²) < 4.78 is 0. The van der Waals surface area contributed by atoms with Crippen LogP contribution in [0.25, 0.3) is 0 Å². The molecule has 2 aromatic carbocycles. The molecule has 0 aliphatic heterocycles. The molecule has 2 N–H and O–H groups in total. The summed E-state index contributed by atoms with van der Waals surface area (Å²) in [6.45, 7) is 1.42. The smallest absolute Gasteiger partial charge is 0.255 e. The van der Waals surface area contributed by atoms with Gasteiger partial charge in [-0.2, -0.15) is 5.26 Å². The number of amides is 2. The van der Waals surface area contributed by atoms with E-state index in [0.29, 0.717) is 22.5 Å². The van der Waals surface area contributed by atoms with Crippen molar-refractivity contribution < 1.29 is 9.59 Å². The largest absolute Gasteiger partial charge is 0.326 e. The first-order valence-corrected chi connectivity index (χ1v) is 6.28. The van der Waals surface area contributed by atoms with Gasteiger partial charge >= 0.3 is 0 Å². The van der Waals surface area contributed by atoms with E-state index >= 15 is 0 Å². The third-order valence-corrected chi connectivity index (χ3v) is 2.76. The Bertz CT molecular complexity index is 715. The molecule has 21 heavy (non-hydrogen) atoms. The van der Waals surface area contributed by atoms with Gasteiger partial charge in [-0.3, -0.25) is 9.59 Å². The first kappa shape index (κ1) is 14.3. The van der Waals surface area contributed by atoms with E-state index in [1.807, 2.05) is 6.07 Å². The molecular formula is C16H13N3O2. The van der Waals surface area contributed by atoms with E-state index in [1.54, 1.807) is 48.5 Å². The van der Waals surface area contributed by atoms with Crippen LogP contribution in [0.4, 0.5) is 11.4 Å². The molecule has 0 bridgehead atoms. The van der Waals surface area contributed by atoms with Crippen LogP contribution in [0.5, 0.6) is 0 Å². The zero-order valence-corrected chi connectivity index (χ0v) is 11.4. The molecule has 0 radical (unpaired) electrons. The average Bonchev–Trinajstić information content (AvgIpc) is 2.48. The number of para-hydroxylation sites is 1. The highest BCUT2D eigenvalue weighted by atomic mass is 16.2. The lowest BCUT2D eigenvalue weighted by molar-refractivity contribution is -0.114. The normalized spacial score (nSPS) is 9.52. The van der Waals surface area contributed by atoms with Gasteiger partial charge in [0.15, 0.2) is 0 Å². The van der Waals surface area contributed by atoms with Crippen molar-refractivity contribution >= 4 is 23.2 Å². The van der Waals surface area contributed by atoms with Crippen molar-refractivity contribution in [1.29, 1.82) is 5.26 Å². The second-order valence-corrected chi connectivity index (χ2v) is 4.37. The Labute approximate surface area is 122 Å². The molecule has 0 aliphatic rings. The zero-order chi connectivity index (χ0) is 15.2. The number of nitrogens with one attached hydrogen (secondary N) is 2. The summed E-state index contributed by atoms with van der Waals surface area (Å²) in [5.41, 5.74) is 1.94. The Morgan fingerprint density at radius 3 is 2.29 bits per heavy atom. The van der Waals surface area contributed by atoms with Crippen LogP contribution in [0.1, 0.15) is 22.8 Å². The van der Waals surface area contributed by atoms with Gasteiger partial charge in [0.05, 0.1) is 11.3 Å². The molecule has 0 atom stereocenters. The van der Waals surface area contributed by atoms with Gasteiger partial charge in [-0.25, -0.2) is 0 Å². The van der Waals surface area contributed by atoms with E-state index in [0.717, 1.165) is 0 Å². The van der Waals surface area contributed by atoms with Crippen molar-refractivity contribution in [3.05, 3.63) is 59.7 Å². The van der Waals surface area contributed by atoms with Crippen LogP contribution in [0.2, 0.25) is 0 Å². The lowest BCUT2D eigenvalue weighted by Gasteiger charge is -2.07. The fourth-order valence-electron chi connectivity index (χ4n) is 1.79. The van der Waals surface area contributed by atoms with E-state index < -0.39 is 0 Å². The Morgan fingerprint density at radius 2 is 1.67 bits per heavy atom. The molecule has 5 nitrogen and oxygen atoms in total. The maximum Gasteiger partial charge on any atom is 0.255 e. The molecule has 2 rings (SSSR count). The zero-order valence-electron chi connectivity index (χ0n) is 11.4. The van der Waals surface area contributed by atoms with Gasteiger partial charge in [0.25, 0.3) is 5.91 Å². The van der Waals surface area contributed by atoms with E-state index in [-0.39, 0.29) is 11.8 Å². The molecule has 5 heteroatoms. The molecule has 0 heterocycles. The van der Waals surface area contributed by atoms with Crippen LogP contribution in [0.3, 0.4) is 0 Å². The first-order valence-electron chi connectivity index (χ1n) is 6.28. The number of rotatable bonds is 3. The first-order chi connectivity index (χ1) is 10.1. The Morgan fingerprint density at radius 1 is 1.00 bits per heavy atom. The van der Waals surface area contributed by atoms with Crippen molar-refractivity contribution in [2.45, 2.75) is 6.92 Å². The van der Waals surface area contributed by atoms with Gasteiger partial charge in [0.1, 0.15) is 6.07 Å². The molecule has 0 unspecified atom stereocenters. The summed E-state index contributed by atoms with van der Waals surface area (Å²) in [5, 5.41) is 14.3. The third kappa shape index (κ3) is 3.67. The fourth-order valence-corrected chi connectivity index (χ4v) is 1.79. The molecule has 0 fully saturated rings. The summed E-state index contributed by atoms with van der Waals surface area (Å²) in [6, 6.07) is 15.3. The number of hydrogen-bond donors (Lipinski definition) is 2.